The van der Waals surface area contributed by atoms with E-state index in [2.05, 4.69) is 15.3 Å². The Kier molecular flexibility index (Phi) is 6.97. The van der Waals surface area contributed by atoms with Crippen LogP contribution < -0.4 is 10.2 Å². The first-order valence-corrected chi connectivity index (χ1v) is 12.9. The quantitative estimate of drug-likeness (QED) is 0.361. The predicted molar refractivity (Wildman–Crippen MR) is 134 cm³/mol. The van der Waals surface area contributed by atoms with Gasteiger partial charge in [-0.05, 0) is 54.8 Å². The molecule has 8 nitrogen and oxygen atoms in total. The van der Waals surface area contributed by atoms with Gasteiger partial charge in [-0.1, -0.05) is 36.4 Å². The van der Waals surface area contributed by atoms with Crippen molar-refractivity contribution in [1.82, 2.24) is 9.97 Å². The Balaban J connectivity index is 1.78. The summed E-state index contributed by atoms with van der Waals surface area (Å²) in [6.45, 7) is 4.69. The van der Waals surface area contributed by atoms with E-state index < -0.39 is 20.9 Å². The van der Waals surface area contributed by atoms with Crippen LogP contribution in [-0.4, -0.2) is 30.5 Å². The van der Waals surface area contributed by atoms with Crippen LogP contribution in [0.4, 0.5) is 11.4 Å². The van der Waals surface area contributed by atoms with E-state index in [1.54, 1.807) is 18.4 Å². The van der Waals surface area contributed by atoms with E-state index in [-0.39, 0.29) is 5.69 Å². The van der Waals surface area contributed by atoms with Gasteiger partial charge in [0.05, 0.1) is 24.7 Å². The molecule has 0 atom stereocenters. The largest absolute Gasteiger partial charge is 0.467 e. The Hall–Kier alpha value is -3.98. The van der Waals surface area contributed by atoms with Crippen molar-refractivity contribution in [3.8, 4) is 0 Å². The van der Waals surface area contributed by atoms with Crippen LogP contribution in [0.5, 0.6) is 0 Å². The van der Waals surface area contributed by atoms with Gasteiger partial charge >= 0.3 is 0 Å². The van der Waals surface area contributed by atoms with Crippen LogP contribution in [-0.2, 0) is 22.9 Å². The predicted octanol–water partition coefficient (Wildman–Crippen LogP) is 4.55. The summed E-state index contributed by atoms with van der Waals surface area (Å²) in [7, 11) is -3.73. The zero-order valence-corrected chi connectivity index (χ0v) is 20.5. The normalized spacial score (nSPS) is 11.3. The van der Waals surface area contributed by atoms with Crippen molar-refractivity contribution in [2.24, 2.45) is 0 Å². The number of sulfone groups is 1. The van der Waals surface area contributed by atoms with Gasteiger partial charge in [0.2, 0.25) is 15.0 Å². The van der Waals surface area contributed by atoms with Crippen molar-refractivity contribution in [2.45, 2.75) is 32.1 Å². The first kappa shape index (κ1) is 24.2. The molecule has 2 heterocycles. The van der Waals surface area contributed by atoms with Crippen LogP contribution in [0.25, 0.3) is 0 Å². The number of hydrogen-bond acceptors (Lipinski definition) is 7. The van der Waals surface area contributed by atoms with Crippen LogP contribution in [0.1, 0.15) is 32.9 Å². The standard InChI is InChI=1S/C26H26N4O4S/c1-18-11-12-21(14-19(18)2)28-25(31)24-23(15-27-26(29-24)35(3,32)33)30(17-22-10-7-13-34-22)16-20-8-5-4-6-9-20/h4-15H,16-17H2,1-3H3,(H,28,31). The Labute approximate surface area is 204 Å². The first-order chi connectivity index (χ1) is 16.7. The molecule has 0 fully saturated rings. The topological polar surface area (TPSA) is 105 Å². The van der Waals surface area contributed by atoms with Gasteiger partial charge in [0.25, 0.3) is 5.91 Å². The highest BCUT2D eigenvalue weighted by atomic mass is 32.2. The van der Waals surface area contributed by atoms with Crippen molar-refractivity contribution in [1.29, 1.82) is 0 Å². The lowest BCUT2D eigenvalue weighted by atomic mass is 10.1. The van der Waals surface area contributed by atoms with Crippen LogP contribution in [0.3, 0.4) is 0 Å². The van der Waals surface area contributed by atoms with E-state index in [0.717, 1.165) is 22.9 Å². The molecular weight excluding hydrogens is 464 g/mol. The Morgan fingerprint density at radius 2 is 1.77 bits per heavy atom. The highest BCUT2D eigenvalue weighted by Gasteiger charge is 2.24. The summed E-state index contributed by atoms with van der Waals surface area (Å²) < 4.78 is 29.9. The number of anilines is 2. The second-order valence-electron chi connectivity index (χ2n) is 8.33. The van der Waals surface area contributed by atoms with Crippen LogP contribution in [0.15, 0.2) is 82.7 Å². The van der Waals surface area contributed by atoms with E-state index in [1.165, 1.54) is 6.20 Å². The van der Waals surface area contributed by atoms with Crippen molar-refractivity contribution in [2.75, 3.05) is 16.5 Å². The fourth-order valence-corrected chi connectivity index (χ4v) is 4.07. The Morgan fingerprint density at radius 1 is 1.00 bits per heavy atom. The molecule has 0 aliphatic carbocycles. The number of carbonyl (C=O) groups excluding carboxylic acids is 1. The van der Waals surface area contributed by atoms with Crippen molar-refractivity contribution >= 4 is 27.1 Å². The molecule has 4 rings (SSSR count). The molecule has 0 bridgehead atoms. The number of rotatable bonds is 8. The lowest BCUT2D eigenvalue weighted by molar-refractivity contribution is 0.102. The summed E-state index contributed by atoms with van der Waals surface area (Å²) in [5, 5.41) is 2.44. The molecule has 2 aromatic carbocycles. The maximum atomic E-state index is 13.4. The number of furan rings is 1. The summed E-state index contributed by atoms with van der Waals surface area (Å²) in [5.74, 6) is 0.140. The summed E-state index contributed by atoms with van der Waals surface area (Å²) in [4.78, 5) is 23.6. The van der Waals surface area contributed by atoms with E-state index in [4.69, 9.17) is 4.42 Å². The maximum absolute atomic E-state index is 13.4. The van der Waals surface area contributed by atoms with Gasteiger partial charge in [-0.3, -0.25) is 4.79 Å². The molecule has 1 N–H and O–H groups in total. The monoisotopic (exact) mass is 490 g/mol. The van der Waals surface area contributed by atoms with Gasteiger partial charge in [0, 0.05) is 18.5 Å². The Morgan fingerprint density at radius 3 is 2.43 bits per heavy atom. The molecule has 0 saturated heterocycles. The molecule has 0 saturated carbocycles. The van der Waals surface area contributed by atoms with Crippen molar-refractivity contribution in [3.05, 3.63) is 101 Å². The van der Waals surface area contributed by atoms with E-state index in [9.17, 15) is 13.2 Å². The minimum absolute atomic E-state index is 0.0406. The number of nitrogens with zero attached hydrogens (tertiary/aromatic N) is 3. The molecule has 2 aromatic heterocycles. The molecule has 0 radical (unpaired) electrons. The summed E-state index contributed by atoms with van der Waals surface area (Å²) >= 11 is 0. The van der Waals surface area contributed by atoms with Crippen molar-refractivity contribution < 1.29 is 17.6 Å². The highest BCUT2D eigenvalue weighted by molar-refractivity contribution is 7.90. The average molecular weight is 491 g/mol. The number of amides is 1. The van der Waals surface area contributed by atoms with Gasteiger partial charge in [0.15, 0.2) is 5.69 Å². The molecule has 180 valence electrons. The van der Waals surface area contributed by atoms with Crippen LogP contribution in [0, 0.1) is 13.8 Å². The number of nitrogens with one attached hydrogen (secondary N) is 1. The van der Waals surface area contributed by atoms with E-state index in [1.807, 2.05) is 67.3 Å². The third-order valence-electron chi connectivity index (χ3n) is 5.54. The third-order valence-corrected chi connectivity index (χ3v) is 6.40. The number of aryl methyl sites for hydroxylation is 2. The van der Waals surface area contributed by atoms with E-state index >= 15 is 0 Å². The van der Waals surface area contributed by atoms with Gasteiger partial charge in [-0.2, -0.15) is 0 Å². The second-order valence-corrected chi connectivity index (χ2v) is 10.2. The fraction of sp³-hybridized carbons (Fsp3) is 0.192. The SMILES string of the molecule is Cc1ccc(NC(=O)c2nc(S(C)(=O)=O)ncc2N(Cc2ccccc2)Cc2ccco2)cc1C. The zero-order chi connectivity index (χ0) is 25.0. The van der Waals surface area contributed by atoms with E-state index in [0.29, 0.717) is 30.2 Å². The molecule has 1 amide bonds. The first-order valence-electron chi connectivity index (χ1n) is 11.0. The lowest BCUT2D eigenvalue weighted by Gasteiger charge is -2.25. The lowest BCUT2D eigenvalue weighted by Crippen LogP contribution is -2.27. The van der Waals surface area contributed by atoms with Crippen molar-refractivity contribution in [3.63, 3.8) is 0 Å². The number of hydrogen-bond donors (Lipinski definition) is 1. The van der Waals surface area contributed by atoms with Gasteiger partial charge < -0.3 is 14.6 Å². The molecule has 9 heteroatoms. The highest BCUT2D eigenvalue weighted by Crippen LogP contribution is 2.25. The van der Waals surface area contributed by atoms with Gasteiger partial charge in [-0.25, -0.2) is 18.4 Å². The molecule has 0 spiro atoms. The minimum atomic E-state index is -3.73. The molecule has 0 aliphatic rings. The third kappa shape index (κ3) is 5.93. The summed E-state index contributed by atoms with van der Waals surface area (Å²) in [6, 6.07) is 18.9. The molecule has 4 aromatic rings. The fourth-order valence-electron chi connectivity index (χ4n) is 3.57. The number of benzene rings is 2. The average Bonchev–Trinajstić information content (AvgIpc) is 3.34. The minimum Gasteiger partial charge on any atom is -0.467 e. The molecule has 0 unspecified atom stereocenters. The number of carbonyl (C=O) groups is 1. The zero-order valence-electron chi connectivity index (χ0n) is 19.7. The van der Waals surface area contributed by atoms with Gasteiger partial charge in [-0.15, -0.1) is 0 Å². The second kappa shape index (κ2) is 10.1. The molecular formula is C26H26N4O4S. The smallest absolute Gasteiger partial charge is 0.276 e. The maximum Gasteiger partial charge on any atom is 0.276 e. The molecule has 35 heavy (non-hydrogen) atoms. The van der Waals surface area contributed by atoms with Crippen LogP contribution in [0.2, 0.25) is 0 Å². The van der Waals surface area contributed by atoms with Crippen LogP contribution >= 0.6 is 0 Å². The summed E-state index contributed by atoms with van der Waals surface area (Å²) in [5.41, 5.74) is 4.04. The summed E-state index contributed by atoms with van der Waals surface area (Å²) in [6.07, 6.45) is 3.97. The van der Waals surface area contributed by atoms with Gasteiger partial charge in [0.1, 0.15) is 5.76 Å². The number of aromatic nitrogens is 2. The Bertz CT molecular complexity index is 1440. The molecule has 0 aliphatic heterocycles.